The minimum Gasteiger partial charge on any atom is -0.317 e. The van der Waals surface area contributed by atoms with Crippen LogP contribution in [0.4, 0.5) is 0 Å². The van der Waals surface area contributed by atoms with E-state index in [0.717, 1.165) is 12.0 Å². The van der Waals surface area contributed by atoms with Gasteiger partial charge in [-0.1, -0.05) is 55.8 Å². The maximum absolute atomic E-state index is 3.88. The van der Waals surface area contributed by atoms with Crippen molar-refractivity contribution in [2.75, 3.05) is 13.1 Å². The Labute approximate surface area is 153 Å². The minimum atomic E-state index is 0. The van der Waals surface area contributed by atoms with E-state index in [1.54, 1.807) is 5.57 Å². The molecule has 1 saturated carbocycles. The van der Waals surface area contributed by atoms with Crippen LogP contribution in [0.3, 0.4) is 0 Å². The second kappa shape index (κ2) is 9.68. The summed E-state index contributed by atoms with van der Waals surface area (Å²) in [6.07, 6.45) is 6.30. The summed E-state index contributed by atoms with van der Waals surface area (Å²) < 4.78 is 0. The highest BCUT2D eigenvalue weighted by Crippen LogP contribution is 2.42. The number of nitrogens with one attached hydrogen (secondary N) is 2. The second-order valence-electron chi connectivity index (χ2n) is 6.85. The first-order valence-corrected chi connectivity index (χ1v) is 8.47. The van der Waals surface area contributed by atoms with E-state index in [0.29, 0.717) is 12.0 Å². The van der Waals surface area contributed by atoms with Gasteiger partial charge in [-0.2, -0.15) is 0 Å². The molecule has 0 amide bonds. The predicted octanol–water partition coefficient (Wildman–Crippen LogP) is 4.30. The molecule has 2 unspecified atom stereocenters. The fraction of sp³-hybridized carbons (Fsp3) is 0.579. The van der Waals surface area contributed by atoms with Gasteiger partial charge in [-0.05, 0) is 49.8 Å². The molecule has 0 spiro atoms. The van der Waals surface area contributed by atoms with E-state index in [1.165, 1.54) is 37.9 Å². The van der Waals surface area contributed by atoms with Gasteiger partial charge in [0.25, 0.3) is 0 Å². The zero-order valence-electron chi connectivity index (χ0n) is 14.1. The SMILES string of the molecule is CC(C)/C(=C\c1ccccc1)C1CC1NC1CCNCC1.Cl.Cl. The van der Waals surface area contributed by atoms with Gasteiger partial charge < -0.3 is 10.6 Å². The maximum atomic E-state index is 3.88. The van der Waals surface area contributed by atoms with E-state index in [-0.39, 0.29) is 24.8 Å². The van der Waals surface area contributed by atoms with Gasteiger partial charge in [0.15, 0.2) is 0 Å². The number of benzene rings is 1. The predicted molar refractivity (Wildman–Crippen MR) is 105 cm³/mol. The Balaban J connectivity index is 0.00000132. The van der Waals surface area contributed by atoms with Crippen molar-refractivity contribution in [3.63, 3.8) is 0 Å². The van der Waals surface area contributed by atoms with E-state index in [1.807, 2.05) is 0 Å². The van der Waals surface area contributed by atoms with Gasteiger partial charge in [0, 0.05) is 12.1 Å². The maximum Gasteiger partial charge on any atom is 0.0142 e. The summed E-state index contributed by atoms with van der Waals surface area (Å²) in [7, 11) is 0. The molecule has 0 bridgehead atoms. The summed E-state index contributed by atoms with van der Waals surface area (Å²) in [4.78, 5) is 0. The third kappa shape index (κ3) is 5.79. The van der Waals surface area contributed by atoms with Crippen LogP contribution in [0.5, 0.6) is 0 Å². The lowest BCUT2D eigenvalue weighted by molar-refractivity contribution is 0.380. The molecule has 2 nitrogen and oxygen atoms in total. The first kappa shape index (κ1) is 20.5. The van der Waals surface area contributed by atoms with E-state index in [2.05, 4.69) is 60.9 Å². The van der Waals surface area contributed by atoms with Gasteiger partial charge in [0.1, 0.15) is 0 Å². The summed E-state index contributed by atoms with van der Waals surface area (Å²) in [6.45, 7) is 7.00. The normalized spacial score (nSPS) is 24.7. The molecule has 1 aromatic carbocycles. The third-order valence-electron chi connectivity index (χ3n) is 4.81. The van der Waals surface area contributed by atoms with E-state index in [4.69, 9.17) is 0 Å². The summed E-state index contributed by atoms with van der Waals surface area (Å²) in [6, 6.07) is 12.2. The summed E-state index contributed by atoms with van der Waals surface area (Å²) in [5.74, 6) is 1.38. The molecule has 1 aliphatic heterocycles. The van der Waals surface area contributed by atoms with Gasteiger partial charge in [-0.3, -0.25) is 0 Å². The average molecular weight is 357 g/mol. The van der Waals surface area contributed by atoms with Crippen molar-refractivity contribution in [1.29, 1.82) is 0 Å². The fourth-order valence-corrected chi connectivity index (χ4v) is 3.48. The molecule has 130 valence electrons. The van der Waals surface area contributed by atoms with Crippen LogP contribution >= 0.6 is 24.8 Å². The van der Waals surface area contributed by atoms with Crippen molar-refractivity contribution in [2.45, 2.75) is 45.2 Å². The van der Waals surface area contributed by atoms with Crippen LogP contribution in [0.15, 0.2) is 35.9 Å². The Morgan fingerprint density at radius 2 is 1.78 bits per heavy atom. The number of halogens is 2. The molecule has 1 saturated heterocycles. The van der Waals surface area contributed by atoms with Gasteiger partial charge >= 0.3 is 0 Å². The van der Waals surface area contributed by atoms with Gasteiger partial charge in [-0.25, -0.2) is 0 Å². The fourth-order valence-electron chi connectivity index (χ4n) is 3.48. The van der Waals surface area contributed by atoms with Crippen LogP contribution in [0.25, 0.3) is 6.08 Å². The molecule has 0 radical (unpaired) electrons. The highest BCUT2D eigenvalue weighted by molar-refractivity contribution is 5.85. The molecule has 2 aliphatic rings. The average Bonchev–Trinajstić information content (AvgIpc) is 3.25. The van der Waals surface area contributed by atoms with Crippen LogP contribution < -0.4 is 10.6 Å². The van der Waals surface area contributed by atoms with Crippen LogP contribution in [0.2, 0.25) is 0 Å². The van der Waals surface area contributed by atoms with E-state index < -0.39 is 0 Å². The molecule has 1 heterocycles. The van der Waals surface area contributed by atoms with Crippen molar-refractivity contribution in [2.24, 2.45) is 11.8 Å². The van der Waals surface area contributed by atoms with Crippen molar-refractivity contribution >= 4 is 30.9 Å². The van der Waals surface area contributed by atoms with Gasteiger partial charge in [0.05, 0.1) is 0 Å². The second-order valence-corrected chi connectivity index (χ2v) is 6.85. The lowest BCUT2D eigenvalue weighted by Crippen LogP contribution is -2.41. The zero-order chi connectivity index (χ0) is 14.7. The molecule has 4 heteroatoms. The van der Waals surface area contributed by atoms with Crippen LogP contribution in [-0.4, -0.2) is 25.2 Å². The van der Waals surface area contributed by atoms with Crippen molar-refractivity contribution < 1.29 is 0 Å². The van der Waals surface area contributed by atoms with E-state index in [9.17, 15) is 0 Å². The molecule has 3 rings (SSSR count). The van der Waals surface area contributed by atoms with Crippen LogP contribution in [0, 0.1) is 11.8 Å². The Hall–Kier alpha value is -0.540. The summed E-state index contributed by atoms with van der Waals surface area (Å²) >= 11 is 0. The van der Waals surface area contributed by atoms with Crippen LogP contribution in [-0.2, 0) is 0 Å². The van der Waals surface area contributed by atoms with Crippen molar-refractivity contribution in [3.05, 3.63) is 41.5 Å². The Morgan fingerprint density at radius 3 is 2.39 bits per heavy atom. The summed E-state index contributed by atoms with van der Waals surface area (Å²) in [5.41, 5.74) is 2.96. The molecular weight excluding hydrogens is 327 g/mol. The monoisotopic (exact) mass is 356 g/mol. The van der Waals surface area contributed by atoms with Gasteiger partial charge in [-0.15, -0.1) is 24.8 Å². The smallest absolute Gasteiger partial charge is 0.0142 e. The first-order chi connectivity index (χ1) is 10.2. The quantitative estimate of drug-likeness (QED) is 0.821. The molecule has 23 heavy (non-hydrogen) atoms. The molecule has 0 aromatic heterocycles. The van der Waals surface area contributed by atoms with Crippen LogP contribution in [0.1, 0.15) is 38.7 Å². The Bertz CT molecular complexity index is 481. The van der Waals surface area contributed by atoms with Gasteiger partial charge in [0.2, 0.25) is 0 Å². The van der Waals surface area contributed by atoms with E-state index >= 15 is 0 Å². The van der Waals surface area contributed by atoms with Crippen molar-refractivity contribution in [1.82, 2.24) is 10.6 Å². The molecule has 1 aromatic rings. The highest BCUT2D eigenvalue weighted by atomic mass is 35.5. The Kier molecular flexibility index (Phi) is 8.63. The minimum absolute atomic E-state index is 0. The number of piperidine rings is 1. The third-order valence-corrected chi connectivity index (χ3v) is 4.81. The van der Waals surface area contributed by atoms with Crippen molar-refractivity contribution in [3.8, 4) is 0 Å². The standard InChI is InChI=1S/C19H28N2.2ClH/c1-14(2)17(12-15-6-4-3-5-7-15)18-13-19(18)21-16-8-10-20-11-9-16;;/h3-7,12,14,16,18-21H,8-11,13H2,1-2H3;2*1H/b17-12+;;. The zero-order valence-corrected chi connectivity index (χ0v) is 15.8. The first-order valence-electron chi connectivity index (χ1n) is 8.47. The number of hydrogen-bond acceptors (Lipinski definition) is 2. The largest absolute Gasteiger partial charge is 0.317 e. The molecule has 1 aliphatic carbocycles. The summed E-state index contributed by atoms with van der Waals surface area (Å²) in [5, 5.41) is 7.33. The highest BCUT2D eigenvalue weighted by Gasteiger charge is 2.41. The number of hydrogen-bond donors (Lipinski definition) is 2. The lowest BCUT2D eigenvalue weighted by Gasteiger charge is -2.24. The Morgan fingerprint density at radius 1 is 1.13 bits per heavy atom. The molecule has 2 atom stereocenters. The number of rotatable bonds is 5. The molecular formula is C19H30Cl2N2. The topological polar surface area (TPSA) is 24.1 Å². The molecule has 2 N–H and O–H groups in total. The lowest BCUT2D eigenvalue weighted by atomic mass is 9.95. The molecule has 2 fully saturated rings.